The van der Waals surface area contributed by atoms with Crippen LogP contribution < -0.4 is 10.1 Å². The molecule has 0 bridgehead atoms. The molecule has 0 unspecified atom stereocenters. The number of benzene rings is 3. The van der Waals surface area contributed by atoms with Crippen LogP contribution in [-0.4, -0.2) is 22.9 Å². The van der Waals surface area contributed by atoms with Crippen molar-refractivity contribution in [3.8, 4) is 17.0 Å². The number of pyridine rings is 1. The number of methoxy groups -OCH3 is 1. The molecule has 1 aromatic heterocycles. The zero-order valence-electron chi connectivity index (χ0n) is 16.3. The maximum Gasteiger partial charge on any atom is 0.271 e. The summed E-state index contributed by atoms with van der Waals surface area (Å²) in [6.45, 7) is 0. The molecule has 3 aromatic carbocycles. The van der Waals surface area contributed by atoms with E-state index in [1.807, 2.05) is 48.5 Å². The first-order valence-corrected chi connectivity index (χ1v) is 10.0. The number of nitrogens with one attached hydrogen (secondary N) is 1. The van der Waals surface area contributed by atoms with Gasteiger partial charge in [0.1, 0.15) is 5.75 Å². The molecule has 1 amide bonds. The van der Waals surface area contributed by atoms with Crippen molar-refractivity contribution in [2.24, 2.45) is 0 Å². The van der Waals surface area contributed by atoms with Crippen LogP contribution in [0.5, 0.6) is 5.75 Å². The Balaban J connectivity index is 1.80. The number of hydrogen-bond donors (Lipinski definition) is 1. The number of nitro groups is 1. The molecule has 154 valence electrons. The normalized spacial score (nSPS) is 10.6. The number of anilines is 1. The Hall–Kier alpha value is -3.78. The number of carbonyl (C=O) groups excluding carboxylic acids is 1. The van der Waals surface area contributed by atoms with E-state index < -0.39 is 10.8 Å². The molecule has 0 spiro atoms. The average Bonchev–Trinajstić information content (AvgIpc) is 2.78. The molecule has 4 rings (SSSR count). The van der Waals surface area contributed by atoms with Crippen molar-refractivity contribution in [3.63, 3.8) is 0 Å². The van der Waals surface area contributed by atoms with E-state index in [1.165, 1.54) is 25.3 Å². The lowest BCUT2D eigenvalue weighted by atomic mass is 10.0. The third-order valence-electron chi connectivity index (χ3n) is 4.74. The Labute approximate surface area is 186 Å². The van der Waals surface area contributed by atoms with Gasteiger partial charge in [-0.1, -0.05) is 46.3 Å². The van der Waals surface area contributed by atoms with Crippen LogP contribution >= 0.6 is 15.9 Å². The molecular weight excluding hydrogens is 462 g/mol. The van der Waals surface area contributed by atoms with E-state index in [0.717, 1.165) is 10.0 Å². The van der Waals surface area contributed by atoms with E-state index in [2.05, 4.69) is 26.2 Å². The highest BCUT2D eigenvalue weighted by Gasteiger charge is 2.18. The molecule has 1 heterocycles. The number of nitrogens with zero attached hydrogens (tertiary/aromatic N) is 2. The second-order valence-corrected chi connectivity index (χ2v) is 7.59. The minimum atomic E-state index is -0.525. The zero-order valence-corrected chi connectivity index (χ0v) is 17.9. The molecule has 0 fully saturated rings. The number of nitro benzene ring substituents is 1. The van der Waals surface area contributed by atoms with E-state index in [0.29, 0.717) is 27.9 Å². The Morgan fingerprint density at radius 3 is 2.52 bits per heavy atom. The zero-order chi connectivity index (χ0) is 22.0. The van der Waals surface area contributed by atoms with Gasteiger partial charge in [0.2, 0.25) is 0 Å². The Bertz CT molecular complexity index is 1310. The number of hydrogen-bond acceptors (Lipinski definition) is 5. The lowest BCUT2D eigenvalue weighted by Gasteiger charge is -2.13. The van der Waals surface area contributed by atoms with Crippen LogP contribution in [0.4, 0.5) is 11.4 Å². The van der Waals surface area contributed by atoms with E-state index >= 15 is 0 Å². The second-order valence-electron chi connectivity index (χ2n) is 6.67. The van der Waals surface area contributed by atoms with Gasteiger partial charge in [0.15, 0.2) is 0 Å². The second kappa shape index (κ2) is 8.53. The quantitative estimate of drug-likeness (QED) is 0.288. The number of aromatic nitrogens is 1. The van der Waals surface area contributed by atoms with Crippen molar-refractivity contribution < 1.29 is 14.5 Å². The molecule has 0 atom stereocenters. The van der Waals surface area contributed by atoms with Gasteiger partial charge in [-0.15, -0.1) is 0 Å². The van der Waals surface area contributed by atoms with Crippen LogP contribution in [0.1, 0.15) is 10.4 Å². The number of carbonyl (C=O) groups is 1. The fourth-order valence-corrected chi connectivity index (χ4v) is 3.49. The van der Waals surface area contributed by atoms with E-state index in [9.17, 15) is 14.9 Å². The Morgan fingerprint density at radius 1 is 1.06 bits per heavy atom. The lowest BCUT2D eigenvalue weighted by molar-refractivity contribution is -0.384. The molecule has 0 aliphatic carbocycles. The third-order valence-corrected chi connectivity index (χ3v) is 5.27. The summed E-state index contributed by atoms with van der Waals surface area (Å²) in [5.41, 5.74) is 2.63. The van der Waals surface area contributed by atoms with Gasteiger partial charge in [0.05, 0.1) is 34.5 Å². The van der Waals surface area contributed by atoms with Gasteiger partial charge in [-0.05, 0) is 30.3 Å². The number of fused-ring (bicyclic) bond motifs is 1. The van der Waals surface area contributed by atoms with Gasteiger partial charge in [-0.2, -0.15) is 0 Å². The van der Waals surface area contributed by atoms with E-state index in [1.54, 1.807) is 6.07 Å². The van der Waals surface area contributed by atoms with Gasteiger partial charge in [-0.25, -0.2) is 4.98 Å². The summed E-state index contributed by atoms with van der Waals surface area (Å²) in [6, 6.07) is 20.7. The number of para-hydroxylation sites is 1. The van der Waals surface area contributed by atoms with Crippen LogP contribution in [-0.2, 0) is 0 Å². The maximum atomic E-state index is 13.2. The minimum absolute atomic E-state index is 0.147. The van der Waals surface area contributed by atoms with Gasteiger partial charge in [0, 0.05) is 27.6 Å². The van der Waals surface area contributed by atoms with Crippen LogP contribution in [0.3, 0.4) is 0 Å². The van der Waals surface area contributed by atoms with Crippen LogP contribution in [0.25, 0.3) is 22.2 Å². The van der Waals surface area contributed by atoms with E-state index in [4.69, 9.17) is 4.74 Å². The van der Waals surface area contributed by atoms with Crippen molar-refractivity contribution in [2.45, 2.75) is 0 Å². The summed E-state index contributed by atoms with van der Waals surface area (Å²) in [4.78, 5) is 28.6. The Kier molecular flexibility index (Phi) is 5.64. The van der Waals surface area contributed by atoms with Gasteiger partial charge in [0.25, 0.3) is 11.6 Å². The van der Waals surface area contributed by atoms with Crippen molar-refractivity contribution in [2.75, 3.05) is 12.4 Å². The first-order valence-electron chi connectivity index (χ1n) is 9.26. The van der Waals surface area contributed by atoms with Crippen LogP contribution in [0, 0.1) is 10.1 Å². The summed E-state index contributed by atoms with van der Waals surface area (Å²) < 4.78 is 6.19. The molecule has 0 aliphatic heterocycles. The van der Waals surface area contributed by atoms with Gasteiger partial charge >= 0.3 is 0 Å². The molecule has 4 aromatic rings. The third kappa shape index (κ3) is 4.24. The van der Waals surface area contributed by atoms with Crippen LogP contribution in [0.2, 0.25) is 0 Å². The summed E-state index contributed by atoms with van der Waals surface area (Å²) in [6.07, 6.45) is 0. The topological polar surface area (TPSA) is 94.4 Å². The highest BCUT2D eigenvalue weighted by atomic mass is 79.9. The first-order chi connectivity index (χ1) is 15.0. The highest BCUT2D eigenvalue weighted by Crippen LogP contribution is 2.31. The minimum Gasteiger partial charge on any atom is -0.495 e. The summed E-state index contributed by atoms with van der Waals surface area (Å²) in [5, 5.41) is 14.6. The van der Waals surface area contributed by atoms with Crippen LogP contribution in [0.15, 0.2) is 77.3 Å². The number of amides is 1. The predicted molar refractivity (Wildman–Crippen MR) is 122 cm³/mol. The van der Waals surface area contributed by atoms with Crippen molar-refractivity contribution in [3.05, 3.63) is 92.9 Å². The summed E-state index contributed by atoms with van der Waals surface area (Å²) in [5.74, 6) is -0.0961. The molecule has 0 saturated carbocycles. The SMILES string of the molecule is COc1ccc([N+](=O)[O-])cc1NC(=O)c1cc(-c2ccc(Br)cc2)nc2ccccc12. The highest BCUT2D eigenvalue weighted by molar-refractivity contribution is 9.10. The number of non-ortho nitro benzene ring substituents is 1. The number of ether oxygens (including phenoxy) is 1. The number of halogens is 1. The maximum absolute atomic E-state index is 13.2. The predicted octanol–water partition coefficient (Wildman–Crippen LogP) is 5.83. The van der Waals surface area contributed by atoms with Crippen molar-refractivity contribution >= 4 is 44.1 Å². The monoisotopic (exact) mass is 477 g/mol. The molecule has 7 nitrogen and oxygen atoms in total. The van der Waals surface area contributed by atoms with Crippen molar-refractivity contribution in [1.29, 1.82) is 0 Å². The number of rotatable bonds is 5. The molecule has 31 heavy (non-hydrogen) atoms. The fourth-order valence-electron chi connectivity index (χ4n) is 3.23. The standard InChI is InChI=1S/C23H16BrN3O4/c1-31-22-11-10-16(27(29)30)12-21(22)26-23(28)18-13-20(14-6-8-15(24)9-7-14)25-19-5-3-2-4-17(18)19/h2-13H,1H3,(H,26,28). The van der Waals surface area contributed by atoms with Gasteiger partial charge in [-0.3, -0.25) is 14.9 Å². The summed E-state index contributed by atoms with van der Waals surface area (Å²) in [7, 11) is 1.43. The molecular formula is C23H16BrN3O4. The molecule has 8 heteroatoms. The molecule has 0 aliphatic rings. The first kappa shape index (κ1) is 20.5. The molecule has 1 N–H and O–H groups in total. The average molecular weight is 478 g/mol. The molecule has 0 radical (unpaired) electrons. The van der Waals surface area contributed by atoms with Crippen molar-refractivity contribution in [1.82, 2.24) is 4.98 Å². The Morgan fingerprint density at radius 2 is 1.81 bits per heavy atom. The summed E-state index contributed by atoms with van der Waals surface area (Å²) >= 11 is 3.42. The fraction of sp³-hybridized carbons (Fsp3) is 0.0435. The lowest BCUT2D eigenvalue weighted by Crippen LogP contribution is -2.14. The smallest absolute Gasteiger partial charge is 0.271 e. The molecule has 0 saturated heterocycles. The van der Waals surface area contributed by atoms with E-state index in [-0.39, 0.29) is 11.4 Å². The largest absolute Gasteiger partial charge is 0.495 e. The van der Waals surface area contributed by atoms with Gasteiger partial charge < -0.3 is 10.1 Å².